The largest absolute Gasteiger partial charge is 0.375 e. The van der Waals surface area contributed by atoms with Gasteiger partial charge in [-0.25, -0.2) is 0 Å². The molecule has 0 spiro atoms. The number of carbonyl (C=O) groups excluding carboxylic acids is 2. The Balaban J connectivity index is 0.00000192. The van der Waals surface area contributed by atoms with E-state index in [2.05, 4.69) is 10.6 Å². The molecule has 0 radical (unpaired) electrons. The monoisotopic (exact) mass is 339 g/mol. The van der Waals surface area contributed by atoms with E-state index in [1.807, 2.05) is 12.1 Å². The Hall–Kier alpha value is -1.63. The smallest absolute Gasteiger partial charge is 0.264 e. The SMILES string of the molecule is CNC(=O)CC1(O)C(=O)N(C2CCNCC2)c2ccccc21.Cl. The van der Waals surface area contributed by atoms with Gasteiger partial charge in [0.2, 0.25) is 5.91 Å². The molecule has 3 rings (SSSR count). The molecule has 1 aromatic carbocycles. The van der Waals surface area contributed by atoms with E-state index in [4.69, 9.17) is 0 Å². The summed E-state index contributed by atoms with van der Waals surface area (Å²) in [6.45, 7) is 1.70. The maximum atomic E-state index is 12.9. The Morgan fingerprint density at radius 3 is 2.70 bits per heavy atom. The van der Waals surface area contributed by atoms with Crippen molar-refractivity contribution in [3.63, 3.8) is 0 Å². The Morgan fingerprint density at radius 2 is 2.04 bits per heavy atom. The Labute approximate surface area is 141 Å². The minimum atomic E-state index is -1.76. The van der Waals surface area contributed by atoms with E-state index in [-0.39, 0.29) is 36.7 Å². The molecule has 126 valence electrons. The lowest BCUT2D eigenvalue weighted by Gasteiger charge is -2.33. The number of anilines is 1. The van der Waals surface area contributed by atoms with Gasteiger partial charge in [0.1, 0.15) is 0 Å². The lowest BCUT2D eigenvalue weighted by Crippen LogP contribution is -2.50. The third-order valence-electron chi connectivity index (χ3n) is 4.55. The number of carbonyl (C=O) groups is 2. The van der Waals surface area contributed by atoms with Gasteiger partial charge in [-0.05, 0) is 32.0 Å². The summed E-state index contributed by atoms with van der Waals surface area (Å²) in [5.41, 5.74) is -0.505. The molecule has 2 aliphatic rings. The first-order valence-electron chi connectivity index (χ1n) is 7.65. The van der Waals surface area contributed by atoms with Crippen LogP contribution >= 0.6 is 12.4 Å². The molecule has 1 aromatic rings. The molecule has 1 atom stereocenters. The van der Waals surface area contributed by atoms with Crippen LogP contribution in [0.2, 0.25) is 0 Å². The Bertz CT molecular complexity index is 604. The molecule has 0 bridgehead atoms. The second-order valence-electron chi connectivity index (χ2n) is 5.88. The van der Waals surface area contributed by atoms with Gasteiger partial charge >= 0.3 is 0 Å². The summed E-state index contributed by atoms with van der Waals surface area (Å²) in [4.78, 5) is 26.4. The number of nitrogens with one attached hydrogen (secondary N) is 2. The predicted molar refractivity (Wildman–Crippen MR) is 89.6 cm³/mol. The van der Waals surface area contributed by atoms with Gasteiger partial charge in [0.15, 0.2) is 5.60 Å². The van der Waals surface area contributed by atoms with Gasteiger partial charge in [0.25, 0.3) is 5.91 Å². The highest BCUT2D eigenvalue weighted by Crippen LogP contribution is 2.44. The van der Waals surface area contributed by atoms with Crippen molar-refractivity contribution in [1.82, 2.24) is 10.6 Å². The van der Waals surface area contributed by atoms with Crippen LogP contribution in [0.4, 0.5) is 5.69 Å². The van der Waals surface area contributed by atoms with Crippen molar-refractivity contribution < 1.29 is 14.7 Å². The van der Waals surface area contributed by atoms with E-state index in [0.717, 1.165) is 31.6 Å². The highest BCUT2D eigenvalue weighted by atomic mass is 35.5. The van der Waals surface area contributed by atoms with E-state index in [1.54, 1.807) is 17.0 Å². The summed E-state index contributed by atoms with van der Waals surface area (Å²) in [6, 6.07) is 7.28. The maximum absolute atomic E-state index is 12.9. The first-order valence-corrected chi connectivity index (χ1v) is 7.65. The lowest BCUT2D eigenvalue weighted by atomic mass is 9.91. The van der Waals surface area contributed by atoms with Crippen LogP contribution < -0.4 is 15.5 Å². The number of nitrogens with zero attached hydrogens (tertiary/aromatic N) is 1. The van der Waals surface area contributed by atoms with Crippen molar-refractivity contribution in [3.05, 3.63) is 29.8 Å². The Morgan fingerprint density at radius 1 is 1.39 bits per heavy atom. The first-order chi connectivity index (χ1) is 10.6. The quantitative estimate of drug-likeness (QED) is 0.750. The van der Waals surface area contributed by atoms with Crippen LogP contribution in [-0.2, 0) is 15.2 Å². The maximum Gasteiger partial charge on any atom is 0.264 e. The molecule has 7 heteroatoms. The number of amides is 2. The predicted octanol–water partition coefficient (Wildman–Crippen LogP) is 0.531. The molecule has 23 heavy (non-hydrogen) atoms. The molecule has 1 unspecified atom stereocenters. The normalized spacial score (nSPS) is 24.1. The summed E-state index contributed by atoms with van der Waals surface area (Å²) in [5.74, 6) is -0.734. The number of piperidine rings is 1. The minimum absolute atomic E-state index is 0. The minimum Gasteiger partial charge on any atom is -0.375 e. The fourth-order valence-corrected chi connectivity index (χ4v) is 3.38. The van der Waals surface area contributed by atoms with Crippen molar-refractivity contribution in [2.45, 2.75) is 30.9 Å². The zero-order valence-electron chi connectivity index (χ0n) is 13.0. The molecule has 6 nitrogen and oxygen atoms in total. The fraction of sp³-hybridized carbons (Fsp3) is 0.500. The van der Waals surface area contributed by atoms with Gasteiger partial charge in [-0.3, -0.25) is 9.59 Å². The van der Waals surface area contributed by atoms with E-state index in [1.165, 1.54) is 7.05 Å². The van der Waals surface area contributed by atoms with Crippen LogP contribution in [0, 0.1) is 0 Å². The molecule has 2 aliphatic heterocycles. The number of hydrogen-bond donors (Lipinski definition) is 3. The van der Waals surface area contributed by atoms with Gasteiger partial charge in [-0.15, -0.1) is 12.4 Å². The van der Waals surface area contributed by atoms with Gasteiger partial charge in [-0.2, -0.15) is 0 Å². The number of rotatable bonds is 3. The van der Waals surface area contributed by atoms with Crippen molar-refractivity contribution >= 4 is 29.9 Å². The molecule has 1 saturated heterocycles. The van der Waals surface area contributed by atoms with Crippen molar-refractivity contribution in [3.8, 4) is 0 Å². The highest BCUT2D eigenvalue weighted by molar-refractivity contribution is 6.09. The van der Waals surface area contributed by atoms with Gasteiger partial charge < -0.3 is 20.6 Å². The van der Waals surface area contributed by atoms with Gasteiger partial charge in [0.05, 0.1) is 12.1 Å². The van der Waals surface area contributed by atoms with Crippen LogP contribution in [0.25, 0.3) is 0 Å². The van der Waals surface area contributed by atoms with Crippen LogP contribution in [0.1, 0.15) is 24.8 Å². The number of aliphatic hydroxyl groups is 1. The summed E-state index contributed by atoms with van der Waals surface area (Å²) in [7, 11) is 1.50. The lowest BCUT2D eigenvalue weighted by molar-refractivity contribution is -0.142. The van der Waals surface area contributed by atoms with Crippen molar-refractivity contribution in [1.29, 1.82) is 0 Å². The average molecular weight is 340 g/mol. The first kappa shape index (κ1) is 17.7. The topological polar surface area (TPSA) is 81.7 Å². The van der Waals surface area contributed by atoms with Crippen molar-refractivity contribution in [2.75, 3.05) is 25.0 Å². The summed E-state index contributed by atoms with van der Waals surface area (Å²) < 4.78 is 0. The molecule has 1 fully saturated rings. The summed E-state index contributed by atoms with van der Waals surface area (Å²) in [5, 5.41) is 16.7. The molecule has 2 amide bonds. The van der Waals surface area contributed by atoms with Crippen LogP contribution in [-0.4, -0.2) is 43.1 Å². The number of para-hydroxylation sites is 1. The van der Waals surface area contributed by atoms with Crippen LogP contribution in [0.3, 0.4) is 0 Å². The second kappa shape index (κ2) is 6.86. The Kier molecular flexibility index (Phi) is 5.29. The van der Waals surface area contributed by atoms with Crippen LogP contribution in [0.5, 0.6) is 0 Å². The zero-order chi connectivity index (χ0) is 15.7. The third-order valence-corrected chi connectivity index (χ3v) is 4.55. The van der Waals surface area contributed by atoms with Crippen molar-refractivity contribution in [2.24, 2.45) is 0 Å². The number of benzene rings is 1. The molecule has 3 N–H and O–H groups in total. The second-order valence-corrected chi connectivity index (χ2v) is 5.88. The third kappa shape index (κ3) is 2.94. The molecule has 0 aromatic heterocycles. The number of hydrogen-bond acceptors (Lipinski definition) is 4. The van der Waals surface area contributed by atoms with Gasteiger partial charge in [0, 0.05) is 18.7 Å². The van der Waals surface area contributed by atoms with E-state index in [0.29, 0.717) is 5.56 Å². The standard InChI is InChI=1S/C16H21N3O3.ClH/c1-17-14(20)10-16(22)12-4-2-3-5-13(12)19(15(16)21)11-6-8-18-9-7-11;/h2-5,11,18,22H,6-10H2,1H3,(H,17,20);1H. The summed E-state index contributed by atoms with van der Waals surface area (Å²) in [6.07, 6.45) is 1.44. The number of halogens is 1. The molecular formula is C16H22ClN3O3. The zero-order valence-corrected chi connectivity index (χ0v) is 13.9. The molecule has 0 aliphatic carbocycles. The number of fused-ring (bicyclic) bond motifs is 1. The fourth-order valence-electron chi connectivity index (χ4n) is 3.38. The molecule has 2 heterocycles. The average Bonchev–Trinajstić information content (AvgIpc) is 2.77. The van der Waals surface area contributed by atoms with E-state index in [9.17, 15) is 14.7 Å². The molecular weight excluding hydrogens is 318 g/mol. The highest BCUT2D eigenvalue weighted by Gasteiger charge is 2.52. The van der Waals surface area contributed by atoms with Crippen LogP contribution in [0.15, 0.2) is 24.3 Å². The summed E-state index contributed by atoms with van der Waals surface area (Å²) >= 11 is 0. The van der Waals surface area contributed by atoms with E-state index < -0.39 is 5.60 Å². The molecule has 0 saturated carbocycles. The van der Waals surface area contributed by atoms with Gasteiger partial charge in [-0.1, -0.05) is 18.2 Å². The van der Waals surface area contributed by atoms with E-state index >= 15 is 0 Å².